The predicted molar refractivity (Wildman–Crippen MR) is 69.1 cm³/mol. The van der Waals surface area contributed by atoms with Gasteiger partial charge in [-0.15, -0.1) is 0 Å². The molecule has 0 heterocycles. The van der Waals surface area contributed by atoms with Gasteiger partial charge in [-0.3, -0.25) is 4.79 Å². The minimum absolute atomic E-state index is 0.224. The van der Waals surface area contributed by atoms with E-state index in [0.29, 0.717) is 5.56 Å². The first-order chi connectivity index (χ1) is 9.08. The molecule has 0 fully saturated rings. The fraction of sp³-hybridized carbons (Fsp3) is 0.357. The molecule has 1 rings (SSSR count). The van der Waals surface area contributed by atoms with Crippen molar-refractivity contribution in [3.05, 3.63) is 35.9 Å². The molecule has 1 amide bonds. The molecule has 1 aromatic carbocycles. The van der Waals surface area contributed by atoms with E-state index in [9.17, 15) is 9.59 Å². The van der Waals surface area contributed by atoms with Crippen molar-refractivity contribution in [1.29, 1.82) is 5.26 Å². The maximum absolute atomic E-state index is 11.9. The summed E-state index contributed by atoms with van der Waals surface area (Å²) in [6, 6.07) is 9.79. The molecule has 0 aliphatic carbocycles. The second kappa shape index (κ2) is 7.17. The van der Waals surface area contributed by atoms with E-state index in [2.05, 4.69) is 10.1 Å². The third-order valence-corrected chi connectivity index (χ3v) is 2.64. The van der Waals surface area contributed by atoms with E-state index in [1.807, 2.05) is 6.07 Å². The first-order valence-corrected chi connectivity index (χ1v) is 5.91. The highest BCUT2D eigenvalue weighted by Gasteiger charge is 2.24. The molecule has 5 heteroatoms. The number of methoxy groups -OCH3 is 1. The lowest BCUT2D eigenvalue weighted by molar-refractivity contribution is -0.143. The van der Waals surface area contributed by atoms with Crippen molar-refractivity contribution in [1.82, 2.24) is 5.32 Å². The molecule has 100 valence electrons. The number of hydrogen-bond acceptors (Lipinski definition) is 4. The fourth-order valence-electron chi connectivity index (χ4n) is 1.59. The predicted octanol–water partition coefficient (Wildman–Crippen LogP) is 1.51. The lowest BCUT2D eigenvalue weighted by Crippen LogP contribution is -2.42. The lowest BCUT2D eigenvalue weighted by Gasteiger charge is -2.17. The first kappa shape index (κ1) is 14.7. The average Bonchev–Trinajstić information content (AvgIpc) is 2.46. The number of benzene rings is 1. The van der Waals surface area contributed by atoms with Crippen molar-refractivity contribution in [2.75, 3.05) is 7.11 Å². The number of carbonyl (C=O) groups excluding carboxylic acids is 2. The molecule has 1 N–H and O–H groups in total. The molecule has 2 atom stereocenters. The van der Waals surface area contributed by atoms with Crippen molar-refractivity contribution < 1.29 is 14.3 Å². The third kappa shape index (κ3) is 4.43. The molecule has 19 heavy (non-hydrogen) atoms. The van der Waals surface area contributed by atoms with Crippen LogP contribution in [0, 0.1) is 17.2 Å². The van der Waals surface area contributed by atoms with E-state index in [1.54, 1.807) is 37.3 Å². The molecule has 0 bridgehead atoms. The summed E-state index contributed by atoms with van der Waals surface area (Å²) in [5.41, 5.74) is 0.459. The molecule has 0 radical (unpaired) electrons. The van der Waals surface area contributed by atoms with Crippen LogP contribution in [0.5, 0.6) is 0 Å². The largest absolute Gasteiger partial charge is 0.467 e. The molecule has 1 aromatic rings. The average molecular weight is 260 g/mol. The van der Waals surface area contributed by atoms with Crippen molar-refractivity contribution in [3.8, 4) is 6.07 Å². The van der Waals surface area contributed by atoms with E-state index < -0.39 is 12.0 Å². The fourth-order valence-corrected chi connectivity index (χ4v) is 1.59. The van der Waals surface area contributed by atoms with Gasteiger partial charge in [0, 0.05) is 11.5 Å². The maximum atomic E-state index is 11.9. The van der Waals surface area contributed by atoms with Gasteiger partial charge in [-0.05, 0) is 25.5 Å². The number of carbonyl (C=O) groups is 2. The molecule has 0 saturated heterocycles. The quantitative estimate of drug-likeness (QED) is 0.814. The summed E-state index contributed by atoms with van der Waals surface area (Å²) in [6.45, 7) is 1.69. The highest BCUT2D eigenvalue weighted by atomic mass is 16.5. The van der Waals surface area contributed by atoms with Crippen molar-refractivity contribution in [2.45, 2.75) is 19.4 Å². The second-order valence-electron chi connectivity index (χ2n) is 4.18. The van der Waals surface area contributed by atoms with Crippen LogP contribution in [-0.4, -0.2) is 25.0 Å². The zero-order valence-corrected chi connectivity index (χ0v) is 10.9. The smallest absolute Gasteiger partial charge is 0.328 e. The van der Waals surface area contributed by atoms with Gasteiger partial charge in [-0.2, -0.15) is 5.26 Å². The van der Waals surface area contributed by atoms with Gasteiger partial charge in [-0.1, -0.05) is 18.2 Å². The Morgan fingerprint density at radius 2 is 2.00 bits per heavy atom. The van der Waals surface area contributed by atoms with Crippen molar-refractivity contribution >= 4 is 11.9 Å². The zero-order chi connectivity index (χ0) is 14.3. The van der Waals surface area contributed by atoms with Gasteiger partial charge >= 0.3 is 5.97 Å². The molecule has 0 aliphatic rings. The topological polar surface area (TPSA) is 79.2 Å². The number of nitrogens with zero attached hydrogens (tertiary/aromatic N) is 1. The maximum Gasteiger partial charge on any atom is 0.328 e. The molecule has 5 nitrogen and oxygen atoms in total. The number of nitrogens with one attached hydrogen (secondary N) is 1. The zero-order valence-electron chi connectivity index (χ0n) is 10.9. The molecular weight excluding hydrogens is 244 g/mol. The number of hydrogen-bond donors (Lipinski definition) is 1. The molecule has 0 aromatic heterocycles. The van der Waals surface area contributed by atoms with Crippen LogP contribution in [0.25, 0.3) is 0 Å². The number of ether oxygens (including phenoxy) is 1. The van der Waals surface area contributed by atoms with E-state index in [0.717, 1.165) is 0 Å². The summed E-state index contributed by atoms with van der Waals surface area (Å²) in [4.78, 5) is 23.5. The standard InChI is InChI=1S/C14H16N2O3/c1-10(9-15)8-12(14(18)19-2)16-13(17)11-6-4-3-5-7-11/h3-7,10,12H,8H2,1-2H3,(H,16,17)/t10-,12+/m1/s1. The highest BCUT2D eigenvalue weighted by Crippen LogP contribution is 2.08. The highest BCUT2D eigenvalue weighted by molar-refractivity contribution is 5.96. The minimum atomic E-state index is -0.813. The minimum Gasteiger partial charge on any atom is -0.467 e. The molecule has 0 aliphatic heterocycles. The molecule has 0 spiro atoms. The summed E-state index contributed by atoms with van der Waals surface area (Å²) in [5.74, 6) is -1.26. The van der Waals surface area contributed by atoms with Crippen LogP contribution < -0.4 is 5.32 Å². The van der Waals surface area contributed by atoms with Gasteiger partial charge < -0.3 is 10.1 Å². The second-order valence-corrected chi connectivity index (χ2v) is 4.18. The van der Waals surface area contributed by atoms with Crippen LogP contribution >= 0.6 is 0 Å². The van der Waals surface area contributed by atoms with E-state index in [-0.39, 0.29) is 18.2 Å². The summed E-state index contributed by atoms with van der Waals surface area (Å²) >= 11 is 0. The van der Waals surface area contributed by atoms with Crippen LogP contribution in [0.3, 0.4) is 0 Å². The SMILES string of the molecule is COC(=O)[C@H](C[C@@H](C)C#N)NC(=O)c1ccccc1. The number of esters is 1. The Morgan fingerprint density at radius 1 is 1.37 bits per heavy atom. The van der Waals surface area contributed by atoms with E-state index in [4.69, 9.17) is 5.26 Å². The van der Waals surface area contributed by atoms with Gasteiger partial charge in [-0.25, -0.2) is 4.79 Å². The van der Waals surface area contributed by atoms with Crippen LogP contribution in [0.1, 0.15) is 23.7 Å². The Bertz CT molecular complexity index is 479. The van der Waals surface area contributed by atoms with Crippen molar-refractivity contribution in [2.24, 2.45) is 5.92 Å². The number of nitriles is 1. The Balaban J connectivity index is 2.75. The normalized spacial score (nSPS) is 12.9. The summed E-state index contributed by atoms with van der Waals surface area (Å²) in [7, 11) is 1.25. The van der Waals surface area contributed by atoms with Gasteiger partial charge in [0.05, 0.1) is 13.2 Å². The molecular formula is C14H16N2O3. The Morgan fingerprint density at radius 3 is 2.53 bits per heavy atom. The summed E-state index contributed by atoms with van der Waals surface area (Å²) in [5, 5.41) is 11.4. The Kier molecular flexibility index (Phi) is 5.55. The first-order valence-electron chi connectivity index (χ1n) is 5.91. The van der Waals surface area contributed by atoms with Crippen molar-refractivity contribution in [3.63, 3.8) is 0 Å². The molecule has 0 unspecified atom stereocenters. The van der Waals surface area contributed by atoms with Gasteiger partial charge in [0.2, 0.25) is 0 Å². The van der Waals surface area contributed by atoms with Gasteiger partial charge in [0.15, 0.2) is 0 Å². The number of rotatable bonds is 5. The van der Waals surface area contributed by atoms with Crippen LogP contribution in [-0.2, 0) is 9.53 Å². The Hall–Kier alpha value is -2.35. The summed E-state index contributed by atoms with van der Waals surface area (Å²) in [6.07, 6.45) is 0.224. The van der Waals surface area contributed by atoms with Gasteiger partial charge in [0.1, 0.15) is 6.04 Å². The lowest BCUT2D eigenvalue weighted by atomic mass is 10.0. The Labute approximate surface area is 112 Å². The third-order valence-electron chi connectivity index (χ3n) is 2.64. The van der Waals surface area contributed by atoms with Crippen LogP contribution in [0.2, 0.25) is 0 Å². The summed E-state index contributed by atoms with van der Waals surface area (Å²) < 4.78 is 4.63. The van der Waals surface area contributed by atoms with E-state index >= 15 is 0 Å². The van der Waals surface area contributed by atoms with Gasteiger partial charge in [0.25, 0.3) is 5.91 Å². The number of amides is 1. The van der Waals surface area contributed by atoms with Crippen LogP contribution in [0.4, 0.5) is 0 Å². The van der Waals surface area contributed by atoms with Crippen LogP contribution in [0.15, 0.2) is 30.3 Å². The van der Waals surface area contributed by atoms with E-state index in [1.165, 1.54) is 7.11 Å². The molecule has 0 saturated carbocycles. The monoisotopic (exact) mass is 260 g/mol.